The van der Waals surface area contributed by atoms with Crippen LogP contribution >= 0.6 is 11.6 Å². The van der Waals surface area contributed by atoms with Gasteiger partial charge in [0.05, 0.1) is 30.5 Å². The summed E-state index contributed by atoms with van der Waals surface area (Å²) in [5, 5.41) is 3.31. The van der Waals surface area contributed by atoms with E-state index in [4.69, 9.17) is 16.3 Å². The molecule has 2 aromatic rings. The SMILES string of the molecule is C[C@@H](Nc1nc(Cl)nc2c1C[C@@H](N1CCOCC1)CC2)c1cccc(C(F)F)c1F. The van der Waals surface area contributed by atoms with E-state index in [9.17, 15) is 13.2 Å². The standard InChI is InChI=1S/C21H24ClF3N4O/c1-12(14-3-2-4-15(18(14)23)19(24)25)26-20-16-11-13(29-7-9-30-10-8-29)5-6-17(16)27-21(22)28-20/h2-4,12-13,19H,5-11H2,1H3,(H,26,27,28)/t12-,13+/m1/s1. The van der Waals surface area contributed by atoms with Crippen LogP contribution in [0.1, 0.15) is 48.2 Å². The third kappa shape index (κ3) is 4.40. The monoisotopic (exact) mass is 440 g/mol. The first-order valence-electron chi connectivity index (χ1n) is 10.1. The van der Waals surface area contributed by atoms with Crippen molar-refractivity contribution in [1.82, 2.24) is 14.9 Å². The average molecular weight is 441 g/mol. The van der Waals surface area contributed by atoms with E-state index in [2.05, 4.69) is 20.2 Å². The molecule has 0 saturated carbocycles. The Morgan fingerprint density at radius 2 is 1.93 bits per heavy atom. The summed E-state index contributed by atoms with van der Waals surface area (Å²) in [7, 11) is 0. The number of aromatic nitrogens is 2. The van der Waals surface area contributed by atoms with E-state index in [0.29, 0.717) is 11.9 Å². The molecule has 9 heteroatoms. The molecule has 1 N–H and O–H groups in total. The molecule has 162 valence electrons. The van der Waals surface area contributed by atoms with Crippen LogP contribution < -0.4 is 5.32 Å². The van der Waals surface area contributed by atoms with Gasteiger partial charge in [-0.05, 0) is 37.8 Å². The lowest BCUT2D eigenvalue weighted by Crippen LogP contribution is -2.46. The van der Waals surface area contributed by atoms with E-state index in [0.717, 1.165) is 62.9 Å². The summed E-state index contributed by atoms with van der Waals surface area (Å²) >= 11 is 6.13. The van der Waals surface area contributed by atoms with E-state index >= 15 is 0 Å². The Kier molecular flexibility index (Phi) is 6.46. The Morgan fingerprint density at radius 3 is 2.67 bits per heavy atom. The van der Waals surface area contributed by atoms with Gasteiger partial charge in [-0.25, -0.2) is 23.1 Å². The van der Waals surface area contributed by atoms with Crippen molar-refractivity contribution in [3.05, 3.63) is 51.7 Å². The van der Waals surface area contributed by atoms with E-state index in [1.807, 2.05) is 0 Å². The zero-order chi connectivity index (χ0) is 21.3. The largest absolute Gasteiger partial charge is 0.379 e. The van der Waals surface area contributed by atoms with Crippen LogP contribution in [-0.4, -0.2) is 47.2 Å². The number of rotatable bonds is 5. The van der Waals surface area contributed by atoms with Gasteiger partial charge in [-0.2, -0.15) is 0 Å². The number of morpholine rings is 1. The molecule has 1 aliphatic carbocycles. The molecule has 2 aliphatic rings. The highest BCUT2D eigenvalue weighted by atomic mass is 35.5. The maximum absolute atomic E-state index is 14.6. The second-order valence-corrected chi connectivity index (χ2v) is 8.07. The number of fused-ring (bicyclic) bond motifs is 1. The van der Waals surface area contributed by atoms with Gasteiger partial charge in [0, 0.05) is 30.3 Å². The Morgan fingerprint density at radius 1 is 1.20 bits per heavy atom. The van der Waals surface area contributed by atoms with Crippen molar-refractivity contribution in [2.45, 2.75) is 44.7 Å². The summed E-state index contributed by atoms with van der Waals surface area (Å²) in [5.41, 5.74) is 1.41. The lowest BCUT2D eigenvalue weighted by atomic mass is 9.90. The summed E-state index contributed by atoms with van der Waals surface area (Å²) < 4.78 is 46.2. The number of alkyl halides is 2. The van der Waals surface area contributed by atoms with Gasteiger partial charge in [0.1, 0.15) is 11.6 Å². The minimum atomic E-state index is -2.87. The van der Waals surface area contributed by atoms with Crippen LogP contribution in [0, 0.1) is 5.82 Å². The number of benzene rings is 1. The van der Waals surface area contributed by atoms with E-state index in [-0.39, 0.29) is 10.8 Å². The number of hydrogen-bond donors (Lipinski definition) is 1. The molecule has 0 amide bonds. The molecule has 30 heavy (non-hydrogen) atoms. The first-order valence-corrected chi connectivity index (χ1v) is 10.5. The molecular formula is C21H24ClF3N4O. The van der Waals surface area contributed by atoms with Crippen molar-refractivity contribution in [2.75, 3.05) is 31.6 Å². The van der Waals surface area contributed by atoms with Gasteiger partial charge in [-0.15, -0.1) is 0 Å². The minimum Gasteiger partial charge on any atom is -0.379 e. The van der Waals surface area contributed by atoms with Gasteiger partial charge < -0.3 is 10.1 Å². The number of hydrogen-bond acceptors (Lipinski definition) is 5. The summed E-state index contributed by atoms with van der Waals surface area (Å²) in [6.07, 6.45) is -0.368. The molecule has 2 atom stereocenters. The van der Waals surface area contributed by atoms with Crippen molar-refractivity contribution in [3.63, 3.8) is 0 Å². The zero-order valence-electron chi connectivity index (χ0n) is 16.7. The molecule has 1 aromatic carbocycles. The molecule has 0 spiro atoms. The van der Waals surface area contributed by atoms with Crippen LogP contribution in [0.2, 0.25) is 5.28 Å². The van der Waals surface area contributed by atoms with Gasteiger partial charge in [-0.3, -0.25) is 4.90 Å². The third-order valence-electron chi connectivity index (χ3n) is 5.89. The summed E-state index contributed by atoms with van der Waals surface area (Å²) in [4.78, 5) is 11.2. The lowest BCUT2D eigenvalue weighted by Gasteiger charge is -2.37. The number of nitrogens with zero attached hydrogens (tertiary/aromatic N) is 3. The van der Waals surface area contributed by atoms with E-state index in [1.165, 1.54) is 12.1 Å². The van der Waals surface area contributed by atoms with Crippen LogP contribution in [0.4, 0.5) is 19.0 Å². The smallest absolute Gasteiger partial charge is 0.266 e. The maximum atomic E-state index is 14.6. The molecule has 1 saturated heterocycles. The Labute approximate surface area is 178 Å². The van der Waals surface area contributed by atoms with Crippen molar-refractivity contribution in [1.29, 1.82) is 0 Å². The van der Waals surface area contributed by atoms with Crippen LogP contribution in [0.25, 0.3) is 0 Å². The summed E-state index contributed by atoms with van der Waals surface area (Å²) in [6.45, 7) is 4.95. The van der Waals surface area contributed by atoms with Crippen LogP contribution in [-0.2, 0) is 17.6 Å². The Balaban J connectivity index is 1.59. The van der Waals surface area contributed by atoms with Gasteiger partial charge >= 0.3 is 0 Å². The van der Waals surface area contributed by atoms with Gasteiger partial charge in [0.15, 0.2) is 0 Å². The van der Waals surface area contributed by atoms with Crippen molar-refractivity contribution >= 4 is 17.4 Å². The molecule has 1 aliphatic heterocycles. The number of anilines is 1. The normalized spacial score (nSPS) is 20.8. The molecule has 0 bridgehead atoms. The van der Waals surface area contributed by atoms with Crippen molar-refractivity contribution in [3.8, 4) is 0 Å². The number of aryl methyl sites for hydroxylation is 1. The molecular weight excluding hydrogens is 417 g/mol. The number of ether oxygens (including phenoxy) is 1. The fourth-order valence-corrected chi connectivity index (χ4v) is 4.48. The highest BCUT2D eigenvalue weighted by Crippen LogP contribution is 2.33. The molecule has 1 fully saturated rings. The Hall–Kier alpha value is -1.90. The fraction of sp³-hybridized carbons (Fsp3) is 0.524. The lowest BCUT2D eigenvalue weighted by molar-refractivity contribution is 0.0136. The first-order chi connectivity index (χ1) is 14.4. The van der Waals surface area contributed by atoms with Crippen molar-refractivity contribution < 1.29 is 17.9 Å². The van der Waals surface area contributed by atoms with Crippen LogP contribution in [0.3, 0.4) is 0 Å². The quantitative estimate of drug-likeness (QED) is 0.690. The van der Waals surface area contributed by atoms with Gasteiger partial charge in [-0.1, -0.05) is 18.2 Å². The van der Waals surface area contributed by atoms with Gasteiger partial charge in [0.2, 0.25) is 5.28 Å². The van der Waals surface area contributed by atoms with Crippen LogP contribution in [0.15, 0.2) is 18.2 Å². The second-order valence-electron chi connectivity index (χ2n) is 7.73. The predicted molar refractivity (Wildman–Crippen MR) is 109 cm³/mol. The molecule has 1 aromatic heterocycles. The molecule has 0 radical (unpaired) electrons. The number of halogens is 4. The third-order valence-corrected chi connectivity index (χ3v) is 6.06. The maximum Gasteiger partial charge on any atom is 0.266 e. The average Bonchev–Trinajstić information content (AvgIpc) is 2.74. The second kappa shape index (κ2) is 9.08. The highest BCUT2D eigenvalue weighted by Gasteiger charge is 2.29. The zero-order valence-corrected chi connectivity index (χ0v) is 17.4. The Bertz CT molecular complexity index is 908. The van der Waals surface area contributed by atoms with Crippen molar-refractivity contribution in [2.24, 2.45) is 0 Å². The van der Waals surface area contributed by atoms with E-state index in [1.54, 1.807) is 6.92 Å². The number of nitrogens with one attached hydrogen (secondary N) is 1. The van der Waals surface area contributed by atoms with E-state index < -0.39 is 23.8 Å². The van der Waals surface area contributed by atoms with Crippen LogP contribution in [0.5, 0.6) is 0 Å². The fourth-order valence-electron chi connectivity index (χ4n) is 4.29. The molecule has 4 rings (SSSR count). The topological polar surface area (TPSA) is 50.3 Å². The summed E-state index contributed by atoms with van der Waals surface area (Å²) in [6, 6.07) is 3.83. The first kappa shape index (κ1) is 21.3. The molecule has 5 nitrogen and oxygen atoms in total. The molecule has 2 heterocycles. The minimum absolute atomic E-state index is 0.120. The highest BCUT2D eigenvalue weighted by molar-refractivity contribution is 6.28. The van der Waals surface area contributed by atoms with Gasteiger partial charge in [0.25, 0.3) is 6.43 Å². The summed E-state index contributed by atoms with van der Waals surface area (Å²) in [5.74, 6) is -0.356. The predicted octanol–water partition coefficient (Wildman–Crippen LogP) is 4.57. The molecule has 0 unspecified atom stereocenters.